The van der Waals surface area contributed by atoms with E-state index in [1.165, 1.54) is 6.92 Å². The zero-order valence-electron chi connectivity index (χ0n) is 10.3. The number of carboxylic acids is 1. The summed E-state index contributed by atoms with van der Waals surface area (Å²) >= 11 is 0. The summed E-state index contributed by atoms with van der Waals surface area (Å²) < 4.78 is 0. The average Bonchev–Trinajstić information content (AvgIpc) is 2.20. The first-order chi connectivity index (χ1) is 8.32. The van der Waals surface area contributed by atoms with Crippen molar-refractivity contribution in [1.82, 2.24) is 5.32 Å². The highest BCUT2D eigenvalue weighted by atomic mass is 16.4. The first kappa shape index (κ1) is 16.2. The number of aliphatic imine (C=N–C) groups is 1. The predicted octanol–water partition coefficient (Wildman–Crippen LogP) is -1.62. The van der Waals surface area contributed by atoms with E-state index in [9.17, 15) is 9.59 Å². The van der Waals surface area contributed by atoms with Gasteiger partial charge in [-0.05, 0) is 19.8 Å². The highest BCUT2D eigenvalue weighted by molar-refractivity contribution is 5.83. The van der Waals surface area contributed by atoms with Crippen molar-refractivity contribution in [2.75, 3.05) is 6.54 Å². The number of rotatable bonds is 8. The minimum absolute atomic E-state index is 0.0555. The van der Waals surface area contributed by atoms with E-state index in [-0.39, 0.29) is 18.8 Å². The fraction of sp³-hybridized carbons (Fsp3) is 0.700. The monoisotopic (exact) mass is 260 g/mol. The molecule has 8 heteroatoms. The van der Waals surface area contributed by atoms with Gasteiger partial charge in [-0.3, -0.25) is 9.79 Å². The summed E-state index contributed by atoms with van der Waals surface area (Å²) in [6.45, 7) is 1.76. The molecule has 1 amide bonds. The molecule has 8 nitrogen and oxygen atoms in total. The lowest BCUT2D eigenvalue weighted by molar-refractivity contribution is -0.142. The van der Waals surface area contributed by atoms with E-state index in [1.54, 1.807) is 0 Å². The van der Waals surface area contributed by atoms with Crippen LogP contribution in [0.4, 0.5) is 0 Å². The van der Waals surface area contributed by atoms with Gasteiger partial charge in [-0.15, -0.1) is 0 Å². The zero-order valence-corrected chi connectivity index (χ0v) is 10.3. The maximum Gasteiger partial charge on any atom is 0.326 e. The molecule has 0 spiro atoms. The number of carbonyl (C=O) groups is 2. The molecule has 18 heavy (non-hydrogen) atoms. The van der Waals surface area contributed by atoms with Gasteiger partial charge < -0.3 is 27.0 Å². The Hall–Kier alpha value is -1.83. The molecule has 0 aromatic carbocycles. The lowest BCUT2D eigenvalue weighted by atomic mass is 10.1. The van der Waals surface area contributed by atoms with Crippen molar-refractivity contribution < 1.29 is 19.8 Å². The first-order valence-corrected chi connectivity index (χ1v) is 5.58. The van der Waals surface area contributed by atoms with Crippen LogP contribution in [0.1, 0.15) is 26.2 Å². The molecule has 0 fully saturated rings. The molecule has 0 aliphatic rings. The van der Waals surface area contributed by atoms with E-state index in [0.29, 0.717) is 13.0 Å². The number of nitrogens with two attached hydrogens (primary N) is 2. The molecule has 7 N–H and O–H groups in total. The Kier molecular flexibility index (Phi) is 7.45. The second kappa shape index (κ2) is 8.29. The molecule has 2 atom stereocenters. The lowest BCUT2D eigenvalue weighted by Gasteiger charge is -2.14. The molecular formula is C10H20N4O4. The van der Waals surface area contributed by atoms with Crippen LogP contribution in [0, 0.1) is 0 Å². The van der Waals surface area contributed by atoms with Gasteiger partial charge in [0.25, 0.3) is 0 Å². The zero-order chi connectivity index (χ0) is 14.1. The van der Waals surface area contributed by atoms with Crippen molar-refractivity contribution in [2.24, 2.45) is 16.5 Å². The van der Waals surface area contributed by atoms with Crippen LogP contribution in [0.5, 0.6) is 0 Å². The smallest absolute Gasteiger partial charge is 0.326 e. The van der Waals surface area contributed by atoms with Crippen molar-refractivity contribution in [3.63, 3.8) is 0 Å². The molecule has 1 unspecified atom stereocenters. The minimum Gasteiger partial charge on any atom is -0.480 e. The molecule has 0 bridgehead atoms. The number of hydrogen-bond donors (Lipinski definition) is 5. The Balaban J connectivity index is 4.11. The quantitative estimate of drug-likeness (QED) is 0.201. The second-order valence-corrected chi connectivity index (χ2v) is 3.96. The number of nitrogens with zero attached hydrogens (tertiary/aromatic N) is 1. The van der Waals surface area contributed by atoms with Crippen LogP contribution in [0.25, 0.3) is 0 Å². The van der Waals surface area contributed by atoms with E-state index in [0.717, 1.165) is 0 Å². The fourth-order valence-corrected chi connectivity index (χ4v) is 1.28. The van der Waals surface area contributed by atoms with Crippen LogP contribution in [0.3, 0.4) is 0 Å². The van der Waals surface area contributed by atoms with E-state index in [2.05, 4.69) is 10.3 Å². The topological polar surface area (TPSA) is 151 Å². The van der Waals surface area contributed by atoms with Crippen LogP contribution in [0.15, 0.2) is 4.99 Å². The number of guanidine groups is 1. The highest BCUT2D eigenvalue weighted by Gasteiger charge is 2.19. The van der Waals surface area contributed by atoms with E-state index < -0.39 is 24.0 Å². The molecular weight excluding hydrogens is 240 g/mol. The number of carbonyl (C=O) groups excluding carboxylic acids is 1. The Morgan fingerprint density at radius 2 is 2.00 bits per heavy atom. The summed E-state index contributed by atoms with van der Waals surface area (Å²) in [7, 11) is 0. The Morgan fingerprint density at radius 3 is 2.44 bits per heavy atom. The average molecular weight is 260 g/mol. The number of carboxylic acid groups (broad SMARTS) is 1. The fourth-order valence-electron chi connectivity index (χ4n) is 1.28. The number of nitrogens with one attached hydrogen (secondary N) is 1. The lowest BCUT2D eigenvalue weighted by Crippen LogP contribution is -2.41. The van der Waals surface area contributed by atoms with Crippen molar-refractivity contribution in [2.45, 2.75) is 38.3 Å². The summed E-state index contributed by atoms with van der Waals surface area (Å²) in [5.41, 5.74) is 10.2. The SMILES string of the molecule is CC(O)CC(=O)N[C@@H](CCCN=C(N)N)C(=O)O. The summed E-state index contributed by atoms with van der Waals surface area (Å²) in [5.74, 6) is -1.68. The van der Waals surface area contributed by atoms with Crippen LogP contribution in [-0.4, -0.2) is 46.7 Å². The third-order valence-electron chi connectivity index (χ3n) is 2.06. The summed E-state index contributed by atoms with van der Waals surface area (Å²) in [5, 5.41) is 20.2. The molecule has 0 aliphatic heterocycles. The molecule has 0 aromatic heterocycles. The standard InChI is InChI=1S/C10H20N4O4/c1-6(15)5-8(16)14-7(9(17)18)3-2-4-13-10(11)12/h6-7,15H,2-5H2,1H3,(H,14,16)(H,17,18)(H4,11,12,13)/t6?,7-/m0/s1. The van der Waals surface area contributed by atoms with Crippen molar-refractivity contribution in [3.8, 4) is 0 Å². The molecule has 0 aromatic rings. The second-order valence-electron chi connectivity index (χ2n) is 3.96. The van der Waals surface area contributed by atoms with Gasteiger partial charge in [0.15, 0.2) is 5.96 Å². The Bertz CT molecular complexity index is 313. The van der Waals surface area contributed by atoms with Gasteiger partial charge in [-0.2, -0.15) is 0 Å². The number of aliphatic hydroxyl groups excluding tert-OH is 1. The summed E-state index contributed by atoms with van der Waals surface area (Å²) in [6.07, 6.45) is -0.278. The molecule has 0 saturated heterocycles. The van der Waals surface area contributed by atoms with E-state index in [4.69, 9.17) is 21.7 Å². The molecule has 0 aliphatic carbocycles. The van der Waals surface area contributed by atoms with Gasteiger partial charge in [-0.25, -0.2) is 4.79 Å². The first-order valence-electron chi connectivity index (χ1n) is 5.58. The summed E-state index contributed by atoms with van der Waals surface area (Å²) in [6, 6.07) is -0.995. The number of aliphatic carboxylic acids is 1. The van der Waals surface area contributed by atoms with Crippen LogP contribution >= 0.6 is 0 Å². The molecule has 0 heterocycles. The molecule has 0 radical (unpaired) electrons. The molecule has 104 valence electrons. The van der Waals surface area contributed by atoms with Gasteiger partial charge in [0.05, 0.1) is 12.5 Å². The van der Waals surface area contributed by atoms with E-state index >= 15 is 0 Å². The van der Waals surface area contributed by atoms with Gasteiger partial charge in [-0.1, -0.05) is 0 Å². The van der Waals surface area contributed by atoms with Crippen LogP contribution < -0.4 is 16.8 Å². The normalized spacial score (nSPS) is 13.4. The maximum atomic E-state index is 11.3. The van der Waals surface area contributed by atoms with Gasteiger partial charge in [0.1, 0.15) is 6.04 Å². The molecule has 0 rings (SSSR count). The number of hydrogen-bond acceptors (Lipinski definition) is 4. The van der Waals surface area contributed by atoms with Crippen LogP contribution in [0.2, 0.25) is 0 Å². The van der Waals surface area contributed by atoms with Crippen molar-refractivity contribution in [3.05, 3.63) is 0 Å². The van der Waals surface area contributed by atoms with Gasteiger partial charge in [0.2, 0.25) is 5.91 Å². The van der Waals surface area contributed by atoms with Crippen LogP contribution in [-0.2, 0) is 9.59 Å². The maximum absolute atomic E-state index is 11.3. The minimum atomic E-state index is -1.13. The van der Waals surface area contributed by atoms with Gasteiger partial charge in [0, 0.05) is 6.54 Å². The van der Waals surface area contributed by atoms with E-state index in [1.807, 2.05) is 0 Å². The summed E-state index contributed by atoms with van der Waals surface area (Å²) in [4.78, 5) is 25.9. The third-order valence-corrected chi connectivity index (χ3v) is 2.06. The predicted molar refractivity (Wildman–Crippen MR) is 65.8 cm³/mol. The van der Waals surface area contributed by atoms with Crippen molar-refractivity contribution >= 4 is 17.8 Å². The Labute approximate surface area is 105 Å². The van der Waals surface area contributed by atoms with Gasteiger partial charge >= 0.3 is 5.97 Å². The molecule has 0 saturated carbocycles. The van der Waals surface area contributed by atoms with Crippen molar-refractivity contribution in [1.29, 1.82) is 0 Å². The largest absolute Gasteiger partial charge is 0.480 e. The highest BCUT2D eigenvalue weighted by Crippen LogP contribution is 2.00. The Morgan fingerprint density at radius 1 is 1.39 bits per heavy atom. The number of aliphatic hydroxyl groups is 1. The third kappa shape index (κ3) is 8.34. The number of amides is 1.